The molecule has 0 spiro atoms. The van der Waals surface area contributed by atoms with Gasteiger partial charge < -0.3 is 23.4 Å². The molecule has 0 amide bonds. The predicted octanol–water partition coefficient (Wildman–Crippen LogP) is 2.44. The van der Waals surface area contributed by atoms with E-state index < -0.39 is 44.3 Å². The number of rotatable bonds is 10. The Kier molecular flexibility index (Phi) is 8.78. The zero-order valence-electron chi connectivity index (χ0n) is 19.9. The second-order valence-corrected chi connectivity index (χ2v) is 9.24. The summed E-state index contributed by atoms with van der Waals surface area (Å²) in [5.41, 5.74) is -0.742. The highest BCUT2D eigenvalue weighted by atomic mass is 31.2. The summed E-state index contributed by atoms with van der Waals surface area (Å²) in [5.74, 6) is 0. The number of hydrogen-bond donors (Lipinski definition) is 1. The van der Waals surface area contributed by atoms with Crippen molar-refractivity contribution in [3.05, 3.63) is 44.0 Å². The highest BCUT2D eigenvalue weighted by Crippen LogP contribution is 2.50. The van der Waals surface area contributed by atoms with Gasteiger partial charge in [0.1, 0.15) is 18.8 Å². The van der Waals surface area contributed by atoms with Crippen molar-refractivity contribution >= 4 is 8.53 Å². The summed E-state index contributed by atoms with van der Waals surface area (Å²) in [7, 11) is -0.112. The van der Waals surface area contributed by atoms with Crippen molar-refractivity contribution in [2.45, 2.75) is 78.1 Å². The second-order valence-electron chi connectivity index (χ2n) is 7.83. The largest absolute Gasteiger partial charge is 0.374 e. The number of aryl methyl sites for hydroxylation is 1. The fourth-order valence-corrected chi connectivity index (χ4v) is 5.24. The molecule has 2 unspecified atom stereocenters. The van der Waals surface area contributed by atoms with Crippen molar-refractivity contribution in [3.63, 3.8) is 0 Å². The molecular weight excluding hydrogens is 423 g/mol. The molecule has 1 fully saturated rings. The molecule has 1 saturated heterocycles. The van der Waals surface area contributed by atoms with E-state index in [2.05, 4.69) is 14.5 Å². The van der Waals surface area contributed by atoms with Crippen LogP contribution >= 0.6 is 8.53 Å². The molecule has 0 bridgehead atoms. The molecule has 1 aromatic rings. The molecule has 2 rings (SSSR count). The first-order valence-electron chi connectivity index (χ1n) is 10.9. The first-order chi connectivity index (χ1) is 15.2. The van der Waals surface area contributed by atoms with Crippen molar-refractivity contribution in [3.8, 4) is 0 Å². The van der Waals surface area contributed by atoms with Gasteiger partial charge in [0.15, 0.2) is 6.23 Å². The molecule has 0 aliphatic carbocycles. The summed E-state index contributed by atoms with van der Waals surface area (Å²) in [4.78, 5) is 29.8. The SMILES string of the molecule is [2H]C[C@H]1O[C@@H](n2cc(C)c(=O)[nH]c2=O)[C@@H](OC)C1OP(OCC[N+]#[C-])N(C(C)C)C(C)C. The lowest BCUT2D eigenvalue weighted by molar-refractivity contribution is -0.0511. The van der Waals surface area contributed by atoms with E-state index in [0.29, 0.717) is 5.56 Å². The van der Waals surface area contributed by atoms with Gasteiger partial charge in [-0.2, -0.15) is 0 Å². The Morgan fingerprint density at radius 2 is 2.03 bits per heavy atom. The van der Waals surface area contributed by atoms with E-state index in [1.807, 2.05) is 27.7 Å². The number of nitrogens with one attached hydrogen (secondary N) is 1. The number of aromatic amines is 1. The Labute approximate surface area is 185 Å². The Morgan fingerprint density at radius 1 is 1.35 bits per heavy atom. The zero-order valence-corrected chi connectivity index (χ0v) is 19.8. The van der Waals surface area contributed by atoms with Crippen molar-refractivity contribution in [2.24, 2.45) is 0 Å². The van der Waals surface area contributed by atoms with Gasteiger partial charge in [0, 0.05) is 32.3 Å². The van der Waals surface area contributed by atoms with Crippen LogP contribution in [0.2, 0.25) is 0 Å². The third-order valence-corrected chi connectivity index (χ3v) is 6.97. The normalized spacial score (nSPS) is 25.2. The van der Waals surface area contributed by atoms with E-state index in [1.165, 1.54) is 17.9 Å². The van der Waals surface area contributed by atoms with E-state index in [4.69, 9.17) is 26.5 Å². The molecule has 10 nitrogen and oxygen atoms in total. The number of aromatic nitrogens is 2. The molecule has 1 N–H and O–H groups in total. The number of H-pyrrole nitrogens is 1. The van der Waals surface area contributed by atoms with Crippen LogP contribution in [-0.2, 0) is 18.5 Å². The van der Waals surface area contributed by atoms with Gasteiger partial charge in [-0.3, -0.25) is 14.3 Å². The summed E-state index contributed by atoms with van der Waals surface area (Å²) < 4.78 is 35.4. The molecule has 1 aliphatic heterocycles. The predicted molar refractivity (Wildman–Crippen MR) is 118 cm³/mol. The number of hydrogen-bond acceptors (Lipinski definition) is 7. The average Bonchev–Trinajstić information content (AvgIpc) is 3.07. The maximum atomic E-state index is 12.5. The van der Waals surface area contributed by atoms with Crippen LogP contribution in [0.15, 0.2) is 15.8 Å². The van der Waals surface area contributed by atoms with Crippen LogP contribution in [-0.4, -0.2) is 64.9 Å². The van der Waals surface area contributed by atoms with Crippen molar-refractivity contribution < 1.29 is 19.9 Å². The molecule has 174 valence electrons. The lowest BCUT2D eigenvalue weighted by Gasteiger charge is -2.37. The lowest BCUT2D eigenvalue weighted by Crippen LogP contribution is -2.41. The summed E-state index contributed by atoms with van der Waals surface area (Å²) in [6.07, 6.45) is -1.55. The molecule has 11 heteroatoms. The molecule has 1 aliphatic rings. The molecule has 5 atom stereocenters. The third kappa shape index (κ3) is 6.01. The van der Waals surface area contributed by atoms with Crippen LogP contribution in [0.3, 0.4) is 0 Å². The Hall–Kier alpha value is -1.60. The summed E-state index contributed by atoms with van der Waals surface area (Å²) >= 11 is 0. The minimum atomic E-state index is -1.60. The molecular formula is C20H33N4O6P. The van der Waals surface area contributed by atoms with Gasteiger partial charge in [-0.05, 0) is 41.5 Å². The van der Waals surface area contributed by atoms with Gasteiger partial charge in [0.05, 0.1) is 6.10 Å². The van der Waals surface area contributed by atoms with Crippen molar-refractivity contribution in [1.82, 2.24) is 14.2 Å². The van der Waals surface area contributed by atoms with Gasteiger partial charge in [-0.15, -0.1) is 0 Å². The van der Waals surface area contributed by atoms with Gasteiger partial charge in [0.2, 0.25) is 6.54 Å². The summed E-state index contributed by atoms with van der Waals surface area (Å²) in [6, 6.07) is 0.208. The van der Waals surface area contributed by atoms with Crippen LogP contribution in [0.5, 0.6) is 0 Å². The molecule has 2 heterocycles. The summed E-state index contributed by atoms with van der Waals surface area (Å²) in [5, 5.41) is 0. The molecule has 31 heavy (non-hydrogen) atoms. The highest BCUT2D eigenvalue weighted by molar-refractivity contribution is 7.44. The molecule has 0 radical (unpaired) electrons. The van der Waals surface area contributed by atoms with E-state index >= 15 is 0 Å². The number of nitrogens with zero attached hydrogens (tertiary/aromatic N) is 3. The smallest absolute Gasteiger partial charge is 0.330 e. The van der Waals surface area contributed by atoms with Crippen LogP contribution in [0.25, 0.3) is 4.85 Å². The first-order valence-corrected chi connectivity index (χ1v) is 11.3. The van der Waals surface area contributed by atoms with Crippen LogP contribution in [0.1, 0.15) is 47.8 Å². The quantitative estimate of drug-likeness (QED) is 0.327. The van der Waals surface area contributed by atoms with E-state index in [1.54, 1.807) is 6.92 Å². The van der Waals surface area contributed by atoms with Gasteiger partial charge in [0.25, 0.3) is 14.1 Å². The molecule has 0 saturated carbocycles. The third-order valence-electron chi connectivity index (χ3n) is 4.84. The maximum absolute atomic E-state index is 12.5. The highest BCUT2D eigenvalue weighted by Gasteiger charge is 2.47. The van der Waals surface area contributed by atoms with Gasteiger partial charge in [-0.1, -0.05) is 0 Å². The monoisotopic (exact) mass is 457 g/mol. The average molecular weight is 457 g/mol. The van der Waals surface area contributed by atoms with Crippen molar-refractivity contribution in [1.29, 1.82) is 0 Å². The van der Waals surface area contributed by atoms with Crippen molar-refractivity contribution in [2.75, 3.05) is 20.3 Å². The molecule has 0 aromatic carbocycles. The van der Waals surface area contributed by atoms with Crippen LogP contribution < -0.4 is 11.2 Å². The van der Waals surface area contributed by atoms with Gasteiger partial charge >= 0.3 is 5.69 Å². The van der Waals surface area contributed by atoms with E-state index in [0.717, 1.165) is 0 Å². The fourth-order valence-electron chi connectivity index (χ4n) is 3.48. The van der Waals surface area contributed by atoms with E-state index in [9.17, 15) is 9.59 Å². The Morgan fingerprint density at radius 3 is 2.58 bits per heavy atom. The number of methoxy groups -OCH3 is 1. The van der Waals surface area contributed by atoms with Gasteiger partial charge in [-0.25, -0.2) is 16.0 Å². The minimum absolute atomic E-state index is 0.104. The lowest BCUT2D eigenvalue weighted by atomic mass is 10.1. The summed E-state index contributed by atoms with van der Waals surface area (Å²) in [6.45, 7) is 17.0. The maximum Gasteiger partial charge on any atom is 0.330 e. The minimum Gasteiger partial charge on any atom is -0.374 e. The molecule has 1 aromatic heterocycles. The zero-order chi connectivity index (χ0) is 24.0. The van der Waals surface area contributed by atoms with Crippen LogP contribution in [0.4, 0.5) is 0 Å². The Balaban J connectivity index is 2.39. The second kappa shape index (κ2) is 11.3. The van der Waals surface area contributed by atoms with E-state index in [-0.39, 0.29) is 32.1 Å². The standard InChI is InChI=1S/C20H33N4O6P/c1-12(2)24(13(3)4)31(28-10-9-21-7)30-16-15(6)29-19(17(16)27-8)23-11-14(5)18(25)22-20(23)26/h11-13,15-17,19H,9-10H2,1-6,8H3,(H,22,25,26)/t15-,16?,17+,19-,31?/m1/s1/i6D. The number of ether oxygens (including phenoxy) is 2. The van der Waals surface area contributed by atoms with Crippen LogP contribution in [0, 0.1) is 13.5 Å². The Bertz CT molecular complexity index is 893. The first kappa shape index (κ1) is 24.1. The fraction of sp³-hybridized carbons (Fsp3) is 0.750. The topological polar surface area (TPSA) is 99.4 Å².